The van der Waals surface area contributed by atoms with Crippen molar-refractivity contribution in [3.8, 4) is 6.07 Å². The third-order valence-corrected chi connectivity index (χ3v) is 7.78. The number of carbonyl (C=O) groups is 1. The van der Waals surface area contributed by atoms with Gasteiger partial charge in [0.05, 0.1) is 33.8 Å². The van der Waals surface area contributed by atoms with Crippen LogP contribution in [0.2, 0.25) is 0 Å². The highest BCUT2D eigenvalue weighted by Gasteiger charge is 2.36. The Kier molecular flexibility index (Phi) is 7.75. The summed E-state index contributed by atoms with van der Waals surface area (Å²) in [5, 5.41) is 10.2. The number of thiazole rings is 1. The molecule has 7 heteroatoms. The number of nitriles is 1. The zero-order valence-electron chi connectivity index (χ0n) is 22.6. The topological polar surface area (TPSA) is 98.1 Å². The summed E-state index contributed by atoms with van der Waals surface area (Å²) < 4.78 is 7.72. The van der Waals surface area contributed by atoms with Gasteiger partial charge in [-0.2, -0.15) is 5.26 Å². The molecule has 2 N–H and O–H groups in total. The molecule has 4 rings (SSSR count). The number of rotatable bonds is 6. The number of aromatic nitrogens is 1. The van der Waals surface area contributed by atoms with Gasteiger partial charge in [-0.25, -0.2) is 4.79 Å². The number of allylic oxidation sites excluding steroid dienone is 1. The Balaban J connectivity index is 2.01. The Morgan fingerprint density at radius 1 is 1.00 bits per heavy atom. The number of ether oxygens (including phenoxy) is 1. The van der Waals surface area contributed by atoms with E-state index in [1.807, 2.05) is 48.5 Å². The molecule has 1 atom stereocenters. The SMILES string of the molecule is CC(C)OC(=O)C1=c2s/c(=C/c3ccc(C(C)C)cc3)c(=O)n2C(N)=C(C#N)[C@@H]1c1ccc(C(C)C)cc1. The second kappa shape index (κ2) is 10.8. The van der Waals surface area contributed by atoms with Crippen molar-refractivity contribution in [1.82, 2.24) is 4.57 Å². The van der Waals surface area contributed by atoms with E-state index in [1.54, 1.807) is 19.9 Å². The highest BCUT2D eigenvalue weighted by atomic mass is 32.1. The predicted octanol–water partition coefficient (Wildman–Crippen LogP) is 4.54. The maximum atomic E-state index is 13.6. The second-order valence-electron chi connectivity index (χ2n) is 10.4. The minimum Gasteiger partial charge on any atom is -0.460 e. The average Bonchev–Trinajstić information content (AvgIpc) is 3.19. The summed E-state index contributed by atoms with van der Waals surface area (Å²) in [5.41, 5.74) is 10.5. The first-order valence-electron chi connectivity index (χ1n) is 12.8. The van der Waals surface area contributed by atoms with Crippen LogP contribution in [0, 0.1) is 11.3 Å². The summed E-state index contributed by atoms with van der Waals surface area (Å²) >= 11 is 1.19. The second-order valence-corrected chi connectivity index (χ2v) is 11.4. The van der Waals surface area contributed by atoms with E-state index in [1.165, 1.54) is 21.5 Å². The van der Waals surface area contributed by atoms with Crippen molar-refractivity contribution < 1.29 is 9.53 Å². The van der Waals surface area contributed by atoms with Gasteiger partial charge in [-0.15, -0.1) is 11.3 Å². The van der Waals surface area contributed by atoms with Crippen molar-refractivity contribution in [3.63, 3.8) is 0 Å². The summed E-state index contributed by atoms with van der Waals surface area (Å²) in [6.45, 7) is 12.0. The zero-order chi connectivity index (χ0) is 27.7. The molecule has 2 heterocycles. The lowest BCUT2D eigenvalue weighted by Gasteiger charge is -2.25. The third-order valence-electron chi connectivity index (χ3n) is 6.67. The molecule has 0 radical (unpaired) electrons. The largest absolute Gasteiger partial charge is 0.460 e. The van der Waals surface area contributed by atoms with Crippen LogP contribution in [-0.2, 0) is 9.53 Å². The number of hydrogen-bond acceptors (Lipinski definition) is 6. The maximum Gasteiger partial charge on any atom is 0.338 e. The van der Waals surface area contributed by atoms with Crippen LogP contribution in [0.25, 0.3) is 17.5 Å². The lowest BCUT2D eigenvalue weighted by Crippen LogP contribution is -2.40. The van der Waals surface area contributed by atoms with E-state index >= 15 is 0 Å². The molecule has 0 saturated heterocycles. The fourth-order valence-corrected chi connectivity index (χ4v) is 5.72. The van der Waals surface area contributed by atoms with E-state index in [0.29, 0.717) is 21.0 Å². The molecule has 1 aromatic heterocycles. The lowest BCUT2D eigenvalue weighted by atomic mass is 9.83. The van der Waals surface area contributed by atoms with Gasteiger partial charge in [-0.1, -0.05) is 76.2 Å². The summed E-state index contributed by atoms with van der Waals surface area (Å²) in [4.78, 5) is 27.1. The summed E-state index contributed by atoms with van der Waals surface area (Å²) in [5.74, 6) is -0.549. The van der Waals surface area contributed by atoms with Crippen molar-refractivity contribution in [3.05, 3.63) is 95.9 Å². The van der Waals surface area contributed by atoms with Gasteiger partial charge in [0.1, 0.15) is 10.5 Å². The molecule has 2 aromatic carbocycles. The Hall–Kier alpha value is -3.89. The van der Waals surface area contributed by atoms with E-state index in [2.05, 4.69) is 33.8 Å². The summed E-state index contributed by atoms with van der Waals surface area (Å²) in [6.07, 6.45) is 1.41. The molecule has 0 unspecified atom stereocenters. The van der Waals surface area contributed by atoms with Crippen LogP contribution < -0.4 is 20.5 Å². The summed E-state index contributed by atoms with van der Waals surface area (Å²) in [7, 11) is 0. The van der Waals surface area contributed by atoms with Crippen molar-refractivity contribution in [2.75, 3.05) is 0 Å². The van der Waals surface area contributed by atoms with Crippen LogP contribution in [0.3, 0.4) is 0 Å². The first-order chi connectivity index (χ1) is 18.0. The van der Waals surface area contributed by atoms with Gasteiger partial charge in [-0.3, -0.25) is 9.36 Å². The Bertz CT molecular complexity index is 1610. The Morgan fingerprint density at radius 2 is 1.55 bits per heavy atom. The molecule has 0 aliphatic carbocycles. The van der Waals surface area contributed by atoms with Crippen molar-refractivity contribution in [2.24, 2.45) is 5.73 Å². The minimum atomic E-state index is -0.747. The lowest BCUT2D eigenvalue weighted by molar-refractivity contribution is -0.140. The van der Waals surface area contributed by atoms with Crippen molar-refractivity contribution >= 4 is 34.8 Å². The van der Waals surface area contributed by atoms with Crippen molar-refractivity contribution in [1.29, 1.82) is 5.26 Å². The number of hydrogen-bond donors (Lipinski definition) is 1. The van der Waals surface area contributed by atoms with Crippen LogP contribution in [0.5, 0.6) is 0 Å². The molecule has 196 valence electrons. The zero-order valence-corrected chi connectivity index (χ0v) is 23.4. The van der Waals surface area contributed by atoms with Crippen LogP contribution in [-0.4, -0.2) is 16.6 Å². The van der Waals surface area contributed by atoms with E-state index in [-0.39, 0.29) is 28.6 Å². The van der Waals surface area contributed by atoms with E-state index in [0.717, 1.165) is 16.7 Å². The van der Waals surface area contributed by atoms with Gasteiger partial charge in [0.2, 0.25) is 0 Å². The van der Waals surface area contributed by atoms with Crippen LogP contribution >= 0.6 is 11.3 Å². The first-order valence-corrected chi connectivity index (χ1v) is 13.6. The monoisotopic (exact) mass is 527 g/mol. The normalized spacial score (nSPS) is 15.8. The van der Waals surface area contributed by atoms with Crippen LogP contribution in [0.4, 0.5) is 0 Å². The molecule has 6 nitrogen and oxygen atoms in total. The minimum absolute atomic E-state index is 0.0394. The fourth-order valence-electron chi connectivity index (χ4n) is 4.56. The maximum absolute atomic E-state index is 13.6. The number of carbonyl (C=O) groups excluding carboxylic acids is 1. The molecule has 0 saturated carbocycles. The highest BCUT2D eigenvalue weighted by Crippen LogP contribution is 2.37. The molecule has 0 spiro atoms. The molecule has 1 aliphatic rings. The molecule has 0 fully saturated rings. The number of nitrogens with zero attached hydrogens (tertiary/aromatic N) is 2. The van der Waals surface area contributed by atoms with Gasteiger partial charge >= 0.3 is 5.97 Å². The van der Waals surface area contributed by atoms with Gasteiger partial charge in [-0.05, 0) is 54.0 Å². The van der Waals surface area contributed by atoms with Gasteiger partial charge in [0.15, 0.2) is 0 Å². The molecule has 1 aliphatic heterocycles. The third kappa shape index (κ3) is 5.09. The molecular weight excluding hydrogens is 494 g/mol. The van der Waals surface area contributed by atoms with Crippen LogP contribution in [0.15, 0.2) is 58.9 Å². The molecular formula is C31H33N3O3S. The van der Waals surface area contributed by atoms with E-state index in [4.69, 9.17) is 10.5 Å². The van der Waals surface area contributed by atoms with Gasteiger partial charge < -0.3 is 10.5 Å². The van der Waals surface area contributed by atoms with Crippen molar-refractivity contribution in [2.45, 2.75) is 65.4 Å². The molecule has 0 amide bonds. The predicted molar refractivity (Wildman–Crippen MR) is 153 cm³/mol. The van der Waals surface area contributed by atoms with Gasteiger partial charge in [0, 0.05) is 0 Å². The Labute approximate surface area is 227 Å². The number of esters is 1. The van der Waals surface area contributed by atoms with E-state index < -0.39 is 11.9 Å². The average molecular weight is 528 g/mol. The number of benzene rings is 2. The standard InChI is InChI=1S/C31H33N3O3S/c1-17(2)21-9-7-20(8-10-21)15-25-29(35)34-28(33)24(16-32)26(23-13-11-22(12-14-23)18(3)4)27(30(34)38-25)31(36)37-19(5)6/h7-15,17-19,26H,33H2,1-6H3/b25-15+/t26-/m0/s1. The number of nitrogens with two attached hydrogens (primary N) is 1. The Morgan fingerprint density at radius 3 is 2.05 bits per heavy atom. The molecule has 0 bridgehead atoms. The molecule has 38 heavy (non-hydrogen) atoms. The molecule has 3 aromatic rings. The summed E-state index contributed by atoms with van der Waals surface area (Å²) in [6, 6.07) is 18.0. The number of fused-ring (bicyclic) bond motifs is 1. The highest BCUT2D eigenvalue weighted by molar-refractivity contribution is 7.07. The smallest absolute Gasteiger partial charge is 0.338 e. The quantitative estimate of drug-likeness (QED) is 0.475. The van der Waals surface area contributed by atoms with Gasteiger partial charge in [0.25, 0.3) is 5.56 Å². The fraction of sp³-hybridized carbons (Fsp3) is 0.323. The van der Waals surface area contributed by atoms with Crippen LogP contribution in [0.1, 0.15) is 81.5 Å². The first kappa shape index (κ1) is 27.2. The van der Waals surface area contributed by atoms with E-state index in [9.17, 15) is 14.9 Å².